The molecule has 0 saturated heterocycles. The third kappa shape index (κ3) is 2.75. The first-order valence-corrected chi connectivity index (χ1v) is 5.19. The Labute approximate surface area is 99.0 Å². The van der Waals surface area contributed by atoms with Crippen molar-refractivity contribution >= 4 is 5.69 Å². The van der Waals surface area contributed by atoms with Gasteiger partial charge in [0.25, 0.3) is 0 Å². The number of ether oxygens (including phenoxy) is 1. The van der Waals surface area contributed by atoms with Gasteiger partial charge in [-0.05, 0) is 24.3 Å². The Bertz CT molecular complexity index is 528. The highest BCUT2D eigenvalue weighted by molar-refractivity contribution is 5.56. The molecule has 0 radical (unpaired) electrons. The summed E-state index contributed by atoms with van der Waals surface area (Å²) >= 11 is 0. The maximum Gasteiger partial charge on any atom is 0.142 e. The van der Waals surface area contributed by atoms with Gasteiger partial charge in [-0.1, -0.05) is 0 Å². The number of rotatable bonds is 4. The lowest BCUT2D eigenvalue weighted by Crippen LogP contribution is -2.09. The van der Waals surface area contributed by atoms with Crippen LogP contribution in [0, 0.1) is 11.3 Å². The van der Waals surface area contributed by atoms with E-state index in [9.17, 15) is 0 Å². The molecule has 86 valence electrons. The van der Waals surface area contributed by atoms with E-state index >= 15 is 0 Å². The Balaban J connectivity index is 1.93. The van der Waals surface area contributed by atoms with E-state index in [1.165, 1.54) is 0 Å². The molecule has 0 spiro atoms. The van der Waals surface area contributed by atoms with Crippen LogP contribution < -0.4 is 10.5 Å². The zero-order chi connectivity index (χ0) is 12.1. The van der Waals surface area contributed by atoms with Gasteiger partial charge in [-0.25, -0.2) is 0 Å². The summed E-state index contributed by atoms with van der Waals surface area (Å²) in [4.78, 5) is 0. The predicted molar refractivity (Wildman–Crippen MR) is 63.3 cm³/mol. The lowest BCUT2D eigenvalue weighted by atomic mass is 10.2. The van der Waals surface area contributed by atoms with Gasteiger partial charge in [0, 0.05) is 12.4 Å². The fourth-order valence-electron chi connectivity index (χ4n) is 1.43. The van der Waals surface area contributed by atoms with Crippen molar-refractivity contribution in [2.24, 2.45) is 0 Å². The number of nitrogens with zero attached hydrogens (tertiary/aromatic N) is 3. The molecule has 0 aliphatic heterocycles. The summed E-state index contributed by atoms with van der Waals surface area (Å²) in [6.07, 6.45) is 3.58. The monoisotopic (exact) mass is 228 g/mol. The molecule has 5 heteroatoms. The molecule has 2 rings (SSSR count). The van der Waals surface area contributed by atoms with Crippen molar-refractivity contribution in [1.82, 2.24) is 9.78 Å². The van der Waals surface area contributed by atoms with Crippen LogP contribution in [-0.4, -0.2) is 16.4 Å². The number of aromatic nitrogens is 2. The van der Waals surface area contributed by atoms with Crippen molar-refractivity contribution in [1.29, 1.82) is 5.26 Å². The van der Waals surface area contributed by atoms with Crippen molar-refractivity contribution < 1.29 is 4.74 Å². The summed E-state index contributed by atoms with van der Waals surface area (Å²) in [6.45, 7) is 1.14. The first-order chi connectivity index (χ1) is 8.29. The topological polar surface area (TPSA) is 76.9 Å². The van der Waals surface area contributed by atoms with Crippen LogP contribution in [-0.2, 0) is 6.54 Å². The third-order valence-corrected chi connectivity index (χ3v) is 2.28. The highest BCUT2D eigenvalue weighted by Crippen LogP contribution is 2.21. The zero-order valence-electron chi connectivity index (χ0n) is 9.21. The van der Waals surface area contributed by atoms with Crippen molar-refractivity contribution in [2.75, 3.05) is 12.3 Å². The first-order valence-electron chi connectivity index (χ1n) is 5.19. The van der Waals surface area contributed by atoms with Gasteiger partial charge in [-0.15, -0.1) is 0 Å². The molecule has 0 atom stereocenters. The van der Waals surface area contributed by atoms with E-state index < -0.39 is 0 Å². The smallest absolute Gasteiger partial charge is 0.142 e. The number of hydrogen-bond donors (Lipinski definition) is 1. The average molecular weight is 228 g/mol. The van der Waals surface area contributed by atoms with Crippen molar-refractivity contribution in [3.8, 4) is 11.8 Å². The van der Waals surface area contributed by atoms with E-state index in [-0.39, 0.29) is 0 Å². The average Bonchev–Trinajstić information content (AvgIpc) is 2.84. The second kappa shape index (κ2) is 5.03. The Morgan fingerprint density at radius 3 is 3.00 bits per heavy atom. The van der Waals surface area contributed by atoms with Crippen LogP contribution in [0.2, 0.25) is 0 Å². The number of anilines is 1. The van der Waals surface area contributed by atoms with Crippen LogP contribution in [0.15, 0.2) is 36.7 Å². The van der Waals surface area contributed by atoms with Crippen molar-refractivity contribution in [3.05, 3.63) is 42.2 Å². The largest absolute Gasteiger partial charge is 0.489 e. The number of nitriles is 1. The van der Waals surface area contributed by atoms with Crippen molar-refractivity contribution in [3.63, 3.8) is 0 Å². The van der Waals surface area contributed by atoms with Gasteiger partial charge in [0.2, 0.25) is 0 Å². The van der Waals surface area contributed by atoms with Crippen LogP contribution in [0.1, 0.15) is 5.56 Å². The van der Waals surface area contributed by atoms with E-state index in [4.69, 9.17) is 15.7 Å². The van der Waals surface area contributed by atoms with E-state index in [1.807, 2.05) is 18.3 Å². The van der Waals surface area contributed by atoms with E-state index in [2.05, 4.69) is 5.10 Å². The minimum atomic E-state index is 0.476. The van der Waals surface area contributed by atoms with Crippen LogP contribution in [0.4, 0.5) is 5.69 Å². The van der Waals surface area contributed by atoms with Gasteiger partial charge >= 0.3 is 0 Å². The fraction of sp³-hybridized carbons (Fsp3) is 0.167. The lowest BCUT2D eigenvalue weighted by Gasteiger charge is -2.08. The summed E-state index contributed by atoms with van der Waals surface area (Å²) in [6, 6.07) is 8.87. The van der Waals surface area contributed by atoms with E-state index in [0.717, 1.165) is 0 Å². The molecule has 0 amide bonds. The first kappa shape index (κ1) is 11.0. The molecule has 2 aromatic rings. The Kier molecular flexibility index (Phi) is 3.26. The highest BCUT2D eigenvalue weighted by atomic mass is 16.5. The molecule has 2 N–H and O–H groups in total. The van der Waals surface area contributed by atoms with Gasteiger partial charge in [0.15, 0.2) is 0 Å². The van der Waals surface area contributed by atoms with Gasteiger partial charge in [0.05, 0.1) is 23.9 Å². The Morgan fingerprint density at radius 1 is 1.47 bits per heavy atom. The minimum Gasteiger partial charge on any atom is -0.489 e. The molecule has 0 unspecified atom stereocenters. The maximum absolute atomic E-state index is 8.70. The predicted octanol–water partition coefficient (Wildman–Crippen LogP) is 1.42. The Hall–Kier alpha value is -2.48. The van der Waals surface area contributed by atoms with Crippen LogP contribution >= 0.6 is 0 Å². The molecule has 17 heavy (non-hydrogen) atoms. The Morgan fingerprint density at radius 2 is 2.35 bits per heavy atom. The third-order valence-electron chi connectivity index (χ3n) is 2.28. The molecule has 0 bridgehead atoms. The number of benzene rings is 1. The molecule has 1 aromatic heterocycles. The van der Waals surface area contributed by atoms with Crippen LogP contribution in [0.25, 0.3) is 0 Å². The van der Waals surface area contributed by atoms with Gasteiger partial charge in [-0.2, -0.15) is 10.4 Å². The van der Waals surface area contributed by atoms with E-state index in [1.54, 1.807) is 29.1 Å². The normalized spacial score (nSPS) is 9.82. The van der Waals surface area contributed by atoms with E-state index in [0.29, 0.717) is 30.2 Å². The summed E-state index contributed by atoms with van der Waals surface area (Å²) in [5.41, 5.74) is 6.76. The standard InChI is InChI=1S/C12H12N4O/c13-9-10-2-3-12(11(14)8-10)17-7-6-16-5-1-4-15-16/h1-5,8H,6-7,14H2. The molecule has 0 aliphatic rings. The SMILES string of the molecule is N#Cc1ccc(OCCn2cccn2)c(N)c1. The number of nitrogens with two attached hydrogens (primary N) is 1. The zero-order valence-corrected chi connectivity index (χ0v) is 9.21. The second-order valence-corrected chi connectivity index (χ2v) is 3.48. The van der Waals surface area contributed by atoms with Crippen molar-refractivity contribution in [2.45, 2.75) is 6.54 Å². The molecule has 1 heterocycles. The highest BCUT2D eigenvalue weighted by Gasteiger charge is 2.01. The molecular weight excluding hydrogens is 216 g/mol. The van der Waals surface area contributed by atoms with Gasteiger partial charge in [-0.3, -0.25) is 4.68 Å². The van der Waals surface area contributed by atoms with Crippen LogP contribution in [0.5, 0.6) is 5.75 Å². The number of nitrogen functional groups attached to an aromatic ring is 1. The molecule has 0 saturated carbocycles. The number of hydrogen-bond acceptors (Lipinski definition) is 4. The minimum absolute atomic E-state index is 0.476. The summed E-state index contributed by atoms with van der Waals surface area (Å²) in [5, 5.41) is 12.8. The summed E-state index contributed by atoms with van der Waals surface area (Å²) in [5.74, 6) is 0.594. The fourth-order valence-corrected chi connectivity index (χ4v) is 1.43. The molecule has 1 aromatic carbocycles. The van der Waals surface area contributed by atoms with Crippen LogP contribution in [0.3, 0.4) is 0 Å². The maximum atomic E-state index is 8.70. The molecular formula is C12H12N4O. The lowest BCUT2D eigenvalue weighted by molar-refractivity contribution is 0.293. The van der Waals surface area contributed by atoms with Gasteiger partial charge in [0.1, 0.15) is 12.4 Å². The summed E-state index contributed by atoms with van der Waals surface area (Å²) < 4.78 is 7.29. The summed E-state index contributed by atoms with van der Waals surface area (Å²) in [7, 11) is 0. The molecule has 5 nitrogen and oxygen atoms in total. The molecule has 0 fully saturated rings. The quantitative estimate of drug-likeness (QED) is 0.803. The van der Waals surface area contributed by atoms with Gasteiger partial charge < -0.3 is 10.5 Å². The molecule has 0 aliphatic carbocycles. The second-order valence-electron chi connectivity index (χ2n) is 3.48.